The Morgan fingerprint density at radius 1 is 1.45 bits per heavy atom. The molecular weight excluding hydrogens is 339 g/mol. The summed E-state index contributed by atoms with van der Waals surface area (Å²) in [6.45, 7) is 3.64. The molecule has 4 nitrogen and oxygen atoms in total. The zero-order valence-corrected chi connectivity index (χ0v) is 14.5. The summed E-state index contributed by atoms with van der Waals surface area (Å²) in [5, 5.41) is 3.71. The summed E-state index contributed by atoms with van der Waals surface area (Å²) < 4.78 is 26.5. The molecule has 1 aromatic carbocycles. The highest BCUT2D eigenvalue weighted by atomic mass is 35.5. The molecule has 1 N–H and O–H groups in total. The molecule has 0 aromatic heterocycles. The van der Waals surface area contributed by atoms with Gasteiger partial charge in [-0.3, -0.25) is 0 Å². The van der Waals surface area contributed by atoms with E-state index in [9.17, 15) is 8.42 Å². The average molecular weight is 357 g/mol. The lowest BCUT2D eigenvalue weighted by Gasteiger charge is -2.31. The average Bonchev–Trinajstić information content (AvgIpc) is 2.38. The quantitative estimate of drug-likeness (QED) is 0.845. The molecule has 0 amide bonds. The smallest absolute Gasteiger partial charge is 0.243 e. The van der Waals surface area contributed by atoms with E-state index in [1.165, 1.54) is 22.1 Å². The molecule has 20 heavy (non-hydrogen) atoms. The van der Waals surface area contributed by atoms with E-state index in [0.29, 0.717) is 24.7 Å². The summed E-state index contributed by atoms with van der Waals surface area (Å²) in [7, 11) is -3.44. The number of hydrogen-bond donors (Lipinski definition) is 1. The van der Waals surface area contributed by atoms with Crippen molar-refractivity contribution in [2.75, 3.05) is 25.9 Å². The van der Waals surface area contributed by atoms with Gasteiger partial charge in [0.25, 0.3) is 0 Å². The number of halogens is 2. The van der Waals surface area contributed by atoms with Crippen molar-refractivity contribution in [1.82, 2.24) is 9.62 Å². The number of sulfonamides is 1. The van der Waals surface area contributed by atoms with Crippen LogP contribution < -0.4 is 5.32 Å². The first-order valence-corrected chi connectivity index (χ1v) is 9.06. The van der Waals surface area contributed by atoms with Gasteiger partial charge in [0.15, 0.2) is 0 Å². The summed E-state index contributed by atoms with van der Waals surface area (Å²) in [6.07, 6.45) is 1.91. The predicted molar refractivity (Wildman–Crippen MR) is 86.7 cm³/mol. The van der Waals surface area contributed by atoms with E-state index in [1.807, 2.05) is 13.2 Å². The summed E-state index contributed by atoms with van der Waals surface area (Å²) in [6, 6.07) is 5.09. The van der Waals surface area contributed by atoms with Crippen LogP contribution in [0.5, 0.6) is 0 Å². The van der Waals surface area contributed by atoms with E-state index in [0.717, 1.165) is 4.90 Å². The highest BCUT2D eigenvalue weighted by molar-refractivity contribution is 7.98. The van der Waals surface area contributed by atoms with Crippen LogP contribution in [0, 0.1) is 0 Å². The Morgan fingerprint density at radius 3 is 2.70 bits per heavy atom. The van der Waals surface area contributed by atoms with Gasteiger partial charge in [-0.25, -0.2) is 8.42 Å². The second kappa shape index (κ2) is 7.33. The number of piperazine rings is 1. The normalized spacial score (nSPS) is 20.4. The van der Waals surface area contributed by atoms with E-state index in [1.54, 1.807) is 12.1 Å². The molecule has 1 atom stereocenters. The lowest BCUT2D eigenvalue weighted by molar-refractivity contribution is 0.310. The molecule has 0 bridgehead atoms. The number of nitrogens with one attached hydrogen (secondary N) is 1. The van der Waals surface area contributed by atoms with Gasteiger partial charge in [0.05, 0.1) is 9.92 Å². The maximum absolute atomic E-state index is 12.5. The first-order chi connectivity index (χ1) is 8.95. The Labute approximate surface area is 135 Å². The van der Waals surface area contributed by atoms with Crippen molar-refractivity contribution in [2.45, 2.75) is 22.8 Å². The number of thioether (sulfide) groups is 1. The van der Waals surface area contributed by atoms with Crippen LogP contribution in [-0.2, 0) is 10.0 Å². The molecule has 8 heteroatoms. The summed E-state index contributed by atoms with van der Waals surface area (Å²) in [5.74, 6) is 0. The number of hydrogen-bond acceptors (Lipinski definition) is 4. The third-order valence-electron chi connectivity index (χ3n) is 3.09. The van der Waals surface area contributed by atoms with Gasteiger partial charge in [-0.1, -0.05) is 11.6 Å². The number of benzene rings is 1. The first kappa shape index (κ1) is 18.1. The largest absolute Gasteiger partial charge is 0.312 e. The molecule has 1 aliphatic rings. The molecule has 1 saturated heterocycles. The van der Waals surface area contributed by atoms with Gasteiger partial charge in [-0.2, -0.15) is 4.31 Å². The van der Waals surface area contributed by atoms with Gasteiger partial charge < -0.3 is 5.32 Å². The van der Waals surface area contributed by atoms with Crippen LogP contribution in [0.1, 0.15) is 6.92 Å². The monoisotopic (exact) mass is 356 g/mol. The first-order valence-electron chi connectivity index (χ1n) is 6.02. The summed E-state index contributed by atoms with van der Waals surface area (Å²) in [5.41, 5.74) is 0. The van der Waals surface area contributed by atoms with Crippen molar-refractivity contribution >= 4 is 45.8 Å². The zero-order valence-electron chi connectivity index (χ0n) is 11.3. The van der Waals surface area contributed by atoms with Crippen LogP contribution in [0.3, 0.4) is 0 Å². The Balaban J connectivity index is 0.00000200. The van der Waals surface area contributed by atoms with Crippen LogP contribution in [0.15, 0.2) is 28.0 Å². The van der Waals surface area contributed by atoms with Crippen LogP contribution >= 0.6 is 35.8 Å². The van der Waals surface area contributed by atoms with Gasteiger partial charge in [0.2, 0.25) is 10.0 Å². The molecule has 0 saturated carbocycles. The van der Waals surface area contributed by atoms with Crippen molar-refractivity contribution in [3.8, 4) is 0 Å². The van der Waals surface area contributed by atoms with Crippen LogP contribution in [0.4, 0.5) is 0 Å². The van der Waals surface area contributed by atoms with E-state index in [-0.39, 0.29) is 23.3 Å². The topological polar surface area (TPSA) is 49.4 Å². The SMILES string of the molecule is CSc1ccc(S(=O)(=O)N2CCNC(C)C2)cc1Cl.Cl. The van der Waals surface area contributed by atoms with Crippen molar-refractivity contribution in [2.24, 2.45) is 0 Å². The molecule has 1 fully saturated rings. The lowest BCUT2D eigenvalue weighted by Crippen LogP contribution is -2.51. The van der Waals surface area contributed by atoms with Gasteiger partial charge in [-0.05, 0) is 31.4 Å². The van der Waals surface area contributed by atoms with Crippen molar-refractivity contribution in [1.29, 1.82) is 0 Å². The van der Waals surface area contributed by atoms with Gasteiger partial charge in [0.1, 0.15) is 0 Å². The van der Waals surface area contributed by atoms with Gasteiger partial charge >= 0.3 is 0 Å². The van der Waals surface area contributed by atoms with Crippen molar-refractivity contribution in [3.63, 3.8) is 0 Å². The van der Waals surface area contributed by atoms with Crippen LogP contribution in [-0.4, -0.2) is 44.7 Å². The molecular formula is C12H18Cl2N2O2S2. The Bertz CT molecular complexity index is 567. The highest BCUT2D eigenvalue weighted by Crippen LogP contribution is 2.29. The Morgan fingerprint density at radius 2 is 2.15 bits per heavy atom. The van der Waals surface area contributed by atoms with E-state index in [2.05, 4.69) is 5.32 Å². The van der Waals surface area contributed by atoms with Gasteiger partial charge in [-0.15, -0.1) is 24.2 Å². The fourth-order valence-electron chi connectivity index (χ4n) is 2.07. The fourth-order valence-corrected chi connectivity index (χ4v) is 4.56. The number of rotatable bonds is 3. The molecule has 1 aromatic rings. The maximum atomic E-state index is 12.5. The van der Waals surface area contributed by atoms with E-state index >= 15 is 0 Å². The third-order valence-corrected chi connectivity index (χ3v) is 6.17. The summed E-state index contributed by atoms with van der Waals surface area (Å²) in [4.78, 5) is 1.15. The third kappa shape index (κ3) is 3.81. The minimum Gasteiger partial charge on any atom is -0.312 e. The molecule has 1 unspecified atom stereocenters. The maximum Gasteiger partial charge on any atom is 0.243 e. The van der Waals surface area contributed by atoms with Gasteiger partial charge in [0, 0.05) is 30.6 Å². The second-order valence-corrected chi connectivity index (χ2v) is 7.71. The lowest BCUT2D eigenvalue weighted by atomic mass is 10.3. The minimum absolute atomic E-state index is 0. The van der Waals surface area contributed by atoms with Crippen LogP contribution in [0.2, 0.25) is 5.02 Å². The van der Waals surface area contributed by atoms with Crippen LogP contribution in [0.25, 0.3) is 0 Å². The van der Waals surface area contributed by atoms with E-state index < -0.39 is 10.0 Å². The predicted octanol–water partition coefficient (Wildman–Crippen LogP) is 2.47. The minimum atomic E-state index is -3.44. The van der Waals surface area contributed by atoms with Crippen molar-refractivity contribution in [3.05, 3.63) is 23.2 Å². The van der Waals surface area contributed by atoms with Crippen molar-refractivity contribution < 1.29 is 8.42 Å². The summed E-state index contributed by atoms with van der Waals surface area (Å²) >= 11 is 7.59. The highest BCUT2D eigenvalue weighted by Gasteiger charge is 2.28. The fraction of sp³-hybridized carbons (Fsp3) is 0.500. The molecule has 1 aliphatic heterocycles. The zero-order chi connectivity index (χ0) is 14.0. The number of nitrogens with zero attached hydrogens (tertiary/aromatic N) is 1. The molecule has 0 radical (unpaired) electrons. The van der Waals surface area contributed by atoms with E-state index in [4.69, 9.17) is 11.6 Å². The standard InChI is InChI=1S/C12H17ClN2O2S2.ClH/c1-9-8-15(6-5-14-9)19(16,17)10-3-4-12(18-2)11(13)7-10;/h3-4,7,9,14H,5-6,8H2,1-2H3;1H. The Kier molecular flexibility index (Phi) is 6.63. The molecule has 2 rings (SSSR count). The molecule has 0 aliphatic carbocycles. The second-order valence-electron chi connectivity index (χ2n) is 4.51. The molecule has 0 spiro atoms. The molecule has 1 heterocycles. The Hall–Kier alpha value is 0.0200. The molecule has 114 valence electrons.